The number of halogens is 4. The number of amides is 3. The number of aryl methyl sites for hydroxylation is 1. The summed E-state index contributed by atoms with van der Waals surface area (Å²) in [6.07, 6.45) is -2.42. The van der Waals surface area contributed by atoms with Crippen molar-refractivity contribution in [3.8, 4) is 11.1 Å². The summed E-state index contributed by atoms with van der Waals surface area (Å²) in [5.41, 5.74) is 2.51. The molecule has 3 amide bonds. The number of hydrogen-bond donors (Lipinski definition) is 3. The molecule has 3 aromatic rings. The summed E-state index contributed by atoms with van der Waals surface area (Å²) in [5, 5.41) is 8.85. The van der Waals surface area contributed by atoms with E-state index in [4.69, 9.17) is 5.73 Å². The number of alkyl halides is 3. The number of carbonyl (C=O) groups is 3. The van der Waals surface area contributed by atoms with Gasteiger partial charge < -0.3 is 16.4 Å². The minimum atomic E-state index is -4.67. The van der Waals surface area contributed by atoms with E-state index < -0.39 is 47.5 Å². The average Bonchev–Trinajstić information content (AvgIpc) is 3.21. The van der Waals surface area contributed by atoms with Crippen molar-refractivity contribution in [2.24, 2.45) is 12.8 Å². The second-order valence-corrected chi connectivity index (χ2v) is 7.59. The highest BCUT2D eigenvalue weighted by Gasteiger charge is 2.41. The van der Waals surface area contributed by atoms with Crippen molar-refractivity contribution in [2.45, 2.75) is 18.6 Å². The van der Waals surface area contributed by atoms with Gasteiger partial charge in [0.1, 0.15) is 11.5 Å². The normalized spacial score (nSPS) is 13.1. The van der Waals surface area contributed by atoms with E-state index >= 15 is 0 Å². The Bertz CT molecular complexity index is 1270. The highest BCUT2D eigenvalue weighted by molar-refractivity contribution is 6.01. The first-order valence-corrected chi connectivity index (χ1v) is 10.0. The molecule has 0 aliphatic carbocycles. The topological polar surface area (TPSA) is 132 Å². The zero-order valence-corrected chi connectivity index (χ0v) is 18.5. The predicted octanol–water partition coefficient (Wildman–Crippen LogP) is 2.52. The van der Waals surface area contributed by atoms with Crippen LogP contribution in [-0.2, 0) is 23.6 Å². The minimum Gasteiger partial charge on any atom is -0.352 e. The molecule has 3 rings (SSSR count). The van der Waals surface area contributed by atoms with Gasteiger partial charge in [-0.05, 0) is 42.8 Å². The summed E-state index contributed by atoms with van der Waals surface area (Å²) in [4.78, 5) is 40.8. The number of rotatable bonds is 7. The molecule has 0 bridgehead atoms. The van der Waals surface area contributed by atoms with Crippen molar-refractivity contribution in [1.82, 2.24) is 25.4 Å². The van der Waals surface area contributed by atoms with Crippen molar-refractivity contribution in [2.75, 3.05) is 6.54 Å². The summed E-state index contributed by atoms with van der Waals surface area (Å²) in [5.74, 6) is -2.09. The molecule has 0 fully saturated rings. The molecule has 1 aromatic carbocycles. The van der Waals surface area contributed by atoms with E-state index in [1.807, 2.05) is 0 Å². The van der Waals surface area contributed by atoms with Crippen molar-refractivity contribution in [3.05, 3.63) is 71.6 Å². The number of benzene rings is 1. The molecule has 2 heterocycles. The number of urea groups is 1. The maximum Gasteiger partial charge on any atom is 0.433 e. The Morgan fingerprint density at radius 1 is 1.11 bits per heavy atom. The molecular weight excluding hydrogens is 472 g/mol. The number of primary amides is 1. The summed E-state index contributed by atoms with van der Waals surface area (Å²) >= 11 is 0. The summed E-state index contributed by atoms with van der Waals surface area (Å²) in [6.45, 7) is 0.734. The quantitative estimate of drug-likeness (QED) is 0.436. The summed E-state index contributed by atoms with van der Waals surface area (Å²) < 4.78 is 53.8. The molecule has 9 nitrogen and oxygen atoms in total. The van der Waals surface area contributed by atoms with E-state index in [1.165, 1.54) is 30.9 Å². The highest BCUT2D eigenvalue weighted by atomic mass is 19.4. The Kier molecular flexibility index (Phi) is 6.89. The van der Waals surface area contributed by atoms with Crippen LogP contribution in [0.3, 0.4) is 0 Å². The molecular formula is C22H20F4N6O3. The third kappa shape index (κ3) is 5.28. The fourth-order valence-corrected chi connectivity index (χ4v) is 3.58. The number of nitrogens with two attached hydrogens (primary N) is 1. The molecule has 0 saturated carbocycles. The second-order valence-electron chi connectivity index (χ2n) is 7.59. The van der Waals surface area contributed by atoms with Gasteiger partial charge in [-0.15, -0.1) is 0 Å². The number of aromatic nitrogens is 3. The van der Waals surface area contributed by atoms with Crippen LogP contribution in [0.2, 0.25) is 0 Å². The van der Waals surface area contributed by atoms with Crippen LogP contribution >= 0.6 is 0 Å². The van der Waals surface area contributed by atoms with E-state index in [1.54, 1.807) is 0 Å². The Morgan fingerprint density at radius 3 is 2.34 bits per heavy atom. The third-order valence-corrected chi connectivity index (χ3v) is 5.30. The van der Waals surface area contributed by atoms with Gasteiger partial charge in [-0.3, -0.25) is 19.3 Å². The lowest BCUT2D eigenvalue weighted by atomic mass is 9.90. The van der Waals surface area contributed by atoms with Crippen LogP contribution in [-0.4, -0.2) is 39.0 Å². The van der Waals surface area contributed by atoms with Crippen LogP contribution < -0.4 is 16.4 Å². The average molecular weight is 492 g/mol. The van der Waals surface area contributed by atoms with Gasteiger partial charge in [-0.1, -0.05) is 6.07 Å². The smallest absolute Gasteiger partial charge is 0.352 e. The fourth-order valence-electron chi connectivity index (χ4n) is 3.58. The highest BCUT2D eigenvalue weighted by Crippen LogP contribution is 2.30. The monoisotopic (exact) mass is 492 g/mol. The number of hydrogen-bond acceptors (Lipinski definition) is 5. The lowest BCUT2D eigenvalue weighted by Gasteiger charge is -2.32. The third-order valence-electron chi connectivity index (χ3n) is 5.30. The van der Waals surface area contributed by atoms with Crippen LogP contribution in [0.15, 0.2) is 48.8 Å². The van der Waals surface area contributed by atoms with Crippen LogP contribution in [0.4, 0.5) is 22.4 Å². The molecule has 0 aliphatic rings. The van der Waals surface area contributed by atoms with Crippen molar-refractivity contribution in [1.29, 1.82) is 0 Å². The summed E-state index contributed by atoms with van der Waals surface area (Å²) in [6, 6.07) is 5.30. The van der Waals surface area contributed by atoms with Crippen LogP contribution in [0.25, 0.3) is 11.1 Å². The molecule has 13 heteroatoms. The molecule has 4 N–H and O–H groups in total. The second kappa shape index (κ2) is 9.52. The molecule has 35 heavy (non-hydrogen) atoms. The lowest BCUT2D eigenvalue weighted by molar-refractivity contribution is -0.141. The molecule has 0 saturated heterocycles. The zero-order valence-electron chi connectivity index (χ0n) is 18.5. The molecule has 184 valence electrons. The number of ketones is 1. The van der Waals surface area contributed by atoms with Gasteiger partial charge >= 0.3 is 12.2 Å². The van der Waals surface area contributed by atoms with E-state index in [2.05, 4.69) is 20.7 Å². The SMILES string of the molecule is CC(=O)C(CNC(=O)c1ccc(F)cc1-c1ccc(C(F)(F)F)nc1)(NC(N)=O)c1ccnn1C. The van der Waals surface area contributed by atoms with Gasteiger partial charge in [0.2, 0.25) is 0 Å². The molecule has 0 aliphatic heterocycles. The predicted molar refractivity (Wildman–Crippen MR) is 115 cm³/mol. The van der Waals surface area contributed by atoms with Gasteiger partial charge in [0.25, 0.3) is 5.91 Å². The number of nitrogens with one attached hydrogen (secondary N) is 2. The first-order valence-electron chi connectivity index (χ1n) is 10.0. The molecule has 0 spiro atoms. The summed E-state index contributed by atoms with van der Waals surface area (Å²) in [7, 11) is 1.52. The van der Waals surface area contributed by atoms with Gasteiger partial charge in [0, 0.05) is 30.6 Å². The zero-order chi connectivity index (χ0) is 26.0. The van der Waals surface area contributed by atoms with Gasteiger partial charge in [-0.2, -0.15) is 18.3 Å². The van der Waals surface area contributed by atoms with Crippen molar-refractivity contribution >= 4 is 17.7 Å². The first-order chi connectivity index (χ1) is 16.3. The fraction of sp³-hybridized carbons (Fsp3) is 0.227. The largest absolute Gasteiger partial charge is 0.433 e. The lowest BCUT2D eigenvalue weighted by Crippen LogP contribution is -2.59. The molecule has 2 aromatic heterocycles. The number of nitrogens with zero attached hydrogens (tertiary/aromatic N) is 3. The van der Waals surface area contributed by atoms with Crippen molar-refractivity contribution < 1.29 is 31.9 Å². The van der Waals surface area contributed by atoms with Gasteiger partial charge in [0.05, 0.1) is 12.2 Å². The van der Waals surface area contributed by atoms with E-state index in [0.29, 0.717) is 6.07 Å². The van der Waals surface area contributed by atoms with Crippen LogP contribution in [0.5, 0.6) is 0 Å². The van der Waals surface area contributed by atoms with E-state index in [0.717, 1.165) is 30.5 Å². The van der Waals surface area contributed by atoms with Gasteiger partial charge in [-0.25, -0.2) is 9.18 Å². The van der Waals surface area contributed by atoms with E-state index in [-0.39, 0.29) is 22.4 Å². The van der Waals surface area contributed by atoms with Crippen molar-refractivity contribution in [3.63, 3.8) is 0 Å². The van der Waals surface area contributed by atoms with E-state index in [9.17, 15) is 31.9 Å². The Labute approximate surface area is 196 Å². The number of Topliss-reactive ketones (excluding diaryl/α,β-unsaturated/α-hetero) is 1. The standard InChI is InChI=1S/C22H20F4N6O3/c1-12(33)21(31-20(27)35,18-7-8-30-32(18)2)11-29-19(34)15-5-4-14(23)9-16(15)13-3-6-17(28-10-13)22(24,25)26/h3-10H,11H2,1-2H3,(H,29,34)(H3,27,31,35). The maximum atomic E-state index is 14.0. The Hall–Kier alpha value is -4.29. The Morgan fingerprint density at radius 2 is 1.83 bits per heavy atom. The van der Waals surface area contributed by atoms with Crippen LogP contribution in [0, 0.1) is 5.82 Å². The maximum absolute atomic E-state index is 14.0. The Balaban J connectivity index is 1.97. The van der Waals surface area contributed by atoms with Crippen LogP contribution in [0.1, 0.15) is 28.7 Å². The number of pyridine rings is 1. The molecule has 1 atom stereocenters. The molecule has 1 unspecified atom stereocenters. The number of carbonyl (C=O) groups excluding carboxylic acids is 3. The van der Waals surface area contributed by atoms with Gasteiger partial charge in [0.15, 0.2) is 11.3 Å². The first kappa shape index (κ1) is 25.3. The minimum absolute atomic E-state index is 0.0273. The molecule has 0 radical (unpaired) electrons.